The predicted octanol–water partition coefficient (Wildman–Crippen LogP) is 4.51. The Balaban J connectivity index is 2.12. The number of halogens is 1. The molecular weight excluding hydrogens is 328 g/mol. The molecule has 0 atom stereocenters. The molecule has 0 N–H and O–H groups in total. The second-order valence-corrected chi connectivity index (χ2v) is 6.31. The van der Waals surface area contributed by atoms with Crippen molar-refractivity contribution in [3.05, 3.63) is 59.1 Å². The largest absolute Gasteiger partial charge is 0.270 e. The average molecular weight is 341 g/mol. The lowest BCUT2D eigenvalue weighted by atomic mass is 10.2. The minimum absolute atomic E-state index is 0.324. The molecule has 0 spiro atoms. The number of aromatic nitrogens is 3. The first-order valence-corrected chi connectivity index (χ1v) is 8.33. The van der Waals surface area contributed by atoms with E-state index in [1.165, 1.54) is 17.3 Å². The zero-order valence-electron chi connectivity index (χ0n) is 12.4. The summed E-state index contributed by atoms with van der Waals surface area (Å²) >= 11 is 7.33. The monoisotopic (exact) mass is 340 g/mol. The molecule has 4 nitrogen and oxygen atoms in total. The highest BCUT2D eigenvalue weighted by atomic mass is 35.5. The molecule has 0 aliphatic carbocycles. The van der Waals surface area contributed by atoms with Gasteiger partial charge in [0, 0.05) is 16.3 Å². The SMILES string of the molecule is Cc1ccc(-n2c(SCC#N)nnc2-c2ccc(Cl)cc2)cc1. The third kappa shape index (κ3) is 3.39. The quantitative estimate of drug-likeness (QED) is 0.655. The molecule has 23 heavy (non-hydrogen) atoms. The number of nitrogens with zero attached hydrogens (tertiary/aromatic N) is 4. The van der Waals surface area contributed by atoms with E-state index in [2.05, 4.69) is 16.3 Å². The highest BCUT2D eigenvalue weighted by Gasteiger charge is 2.16. The van der Waals surface area contributed by atoms with Gasteiger partial charge in [0.25, 0.3) is 0 Å². The van der Waals surface area contributed by atoms with E-state index in [0.717, 1.165) is 17.1 Å². The van der Waals surface area contributed by atoms with Gasteiger partial charge in [-0.15, -0.1) is 10.2 Å². The standard InChI is InChI=1S/C17H13ClN4S/c1-12-2-8-15(9-3-12)22-16(13-4-6-14(18)7-5-13)20-21-17(22)23-11-10-19/h2-9H,11H2,1H3. The van der Waals surface area contributed by atoms with Gasteiger partial charge in [0.2, 0.25) is 0 Å². The number of rotatable bonds is 4. The van der Waals surface area contributed by atoms with Crippen LogP contribution in [0.3, 0.4) is 0 Å². The Hall–Kier alpha value is -2.29. The first kappa shape index (κ1) is 15.6. The van der Waals surface area contributed by atoms with Gasteiger partial charge in [-0.2, -0.15) is 5.26 Å². The third-order valence-electron chi connectivity index (χ3n) is 3.29. The summed E-state index contributed by atoms with van der Waals surface area (Å²) in [7, 11) is 0. The molecule has 6 heteroatoms. The molecule has 0 amide bonds. The van der Waals surface area contributed by atoms with E-state index in [-0.39, 0.29) is 0 Å². The van der Waals surface area contributed by atoms with E-state index < -0.39 is 0 Å². The lowest BCUT2D eigenvalue weighted by Gasteiger charge is -2.10. The van der Waals surface area contributed by atoms with Crippen LogP contribution < -0.4 is 0 Å². The summed E-state index contributed by atoms with van der Waals surface area (Å²) in [6.45, 7) is 2.04. The van der Waals surface area contributed by atoms with Gasteiger partial charge in [0.1, 0.15) is 0 Å². The topological polar surface area (TPSA) is 54.5 Å². The lowest BCUT2D eigenvalue weighted by Crippen LogP contribution is -1.99. The van der Waals surface area contributed by atoms with Crippen LogP contribution in [0.1, 0.15) is 5.56 Å². The van der Waals surface area contributed by atoms with E-state index in [1.54, 1.807) is 0 Å². The van der Waals surface area contributed by atoms with Gasteiger partial charge in [-0.3, -0.25) is 4.57 Å². The van der Waals surface area contributed by atoms with Crippen LogP contribution in [0.2, 0.25) is 5.02 Å². The van der Waals surface area contributed by atoms with Crippen molar-refractivity contribution in [2.24, 2.45) is 0 Å². The number of hydrogen-bond donors (Lipinski definition) is 0. The summed E-state index contributed by atoms with van der Waals surface area (Å²) in [6, 6.07) is 17.7. The molecular formula is C17H13ClN4S. The van der Waals surface area contributed by atoms with Crippen LogP contribution in [-0.2, 0) is 0 Å². The molecule has 0 saturated heterocycles. The summed E-state index contributed by atoms with van der Waals surface area (Å²) in [5, 5.41) is 18.8. The van der Waals surface area contributed by atoms with Crippen LogP contribution in [-0.4, -0.2) is 20.5 Å². The molecule has 0 saturated carbocycles. The highest BCUT2D eigenvalue weighted by Crippen LogP contribution is 2.28. The Kier molecular flexibility index (Phi) is 4.65. The molecule has 3 aromatic rings. The van der Waals surface area contributed by atoms with Gasteiger partial charge >= 0.3 is 0 Å². The van der Waals surface area contributed by atoms with Crippen LogP contribution in [0, 0.1) is 18.3 Å². The molecule has 0 unspecified atom stereocenters. The molecule has 2 aromatic carbocycles. The van der Waals surface area contributed by atoms with Gasteiger partial charge < -0.3 is 0 Å². The number of aryl methyl sites for hydroxylation is 1. The third-order valence-corrected chi connectivity index (χ3v) is 4.34. The predicted molar refractivity (Wildman–Crippen MR) is 92.9 cm³/mol. The second-order valence-electron chi connectivity index (χ2n) is 4.93. The number of benzene rings is 2. The maximum absolute atomic E-state index is 8.84. The minimum Gasteiger partial charge on any atom is -0.270 e. The van der Waals surface area contributed by atoms with Gasteiger partial charge in [0.15, 0.2) is 11.0 Å². The van der Waals surface area contributed by atoms with E-state index in [0.29, 0.717) is 15.9 Å². The van der Waals surface area contributed by atoms with Crippen molar-refractivity contribution in [2.45, 2.75) is 12.1 Å². The second kappa shape index (κ2) is 6.86. The fraction of sp³-hybridized carbons (Fsp3) is 0.118. The van der Waals surface area contributed by atoms with Crippen molar-refractivity contribution < 1.29 is 0 Å². The van der Waals surface area contributed by atoms with Gasteiger partial charge in [-0.1, -0.05) is 41.1 Å². The summed E-state index contributed by atoms with van der Waals surface area (Å²) in [5.41, 5.74) is 3.07. The van der Waals surface area contributed by atoms with E-state index in [4.69, 9.17) is 16.9 Å². The molecule has 3 rings (SSSR count). The summed E-state index contributed by atoms with van der Waals surface area (Å²) in [4.78, 5) is 0. The van der Waals surface area contributed by atoms with Crippen molar-refractivity contribution in [3.8, 4) is 23.1 Å². The van der Waals surface area contributed by atoms with E-state index in [1.807, 2.05) is 60.0 Å². The fourth-order valence-corrected chi connectivity index (χ4v) is 2.91. The maximum atomic E-state index is 8.84. The smallest absolute Gasteiger partial charge is 0.197 e. The van der Waals surface area contributed by atoms with Crippen LogP contribution in [0.15, 0.2) is 53.7 Å². The lowest BCUT2D eigenvalue weighted by molar-refractivity contribution is 0.887. The normalized spacial score (nSPS) is 10.5. The fourth-order valence-electron chi connectivity index (χ4n) is 2.17. The summed E-state index contributed by atoms with van der Waals surface area (Å²) in [5.74, 6) is 1.05. The Morgan fingerprint density at radius 3 is 2.43 bits per heavy atom. The molecule has 0 aliphatic rings. The van der Waals surface area contributed by atoms with Gasteiger partial charge in [-0.25, -0.2) is 0 Å². The molecule has 0 bridgehead atoms. The van der Waals surface area contributed by atoms with Crippen molar-refractivity contribution in [1.82, 2.24) is 14.8 Å². The Bertz CT molecular complexity index is 848. The van der Waals surface area contributed by atoms with Crippen LogP contribution >= 0.6 is 23.4 Å². The highest BCUT2D eigenvalue weighted by molar-refractivity contribution is 7.99. The zero-order valence-corrected chi connectivity index (χ0v) is 14.0. The van der Waals surface area contributed by atoms with Crippen molar-refractivity contribution in [2.75, 3.05) is 5.75 Å². The van der Waals surface area contributed by atoms with Crippen molar-refractivity contribution in [1.29, 1.82) is 5.26 Å². The van der Waals surface area contributed by atoms with E-state index >= 15 is 0 Å². The van der Waals surface area contributed by atoms with Crippen LogP contribution in [0.5, 0.6) is 0 Å². The first-order valence-electron chi connectivity index (χ1n) is 6.97. The van der Waals surface area contributed by atoms with Gasteiger partial charge in [0.05, 0.1) is 11.8 Å². The number of thioether (sulfide) groups is 1. The van der Waals surface area contributed by atoms with Crippen molar-refractivity contribution in [3.63, 3.8) is 0 Å². The van der Waals surface area contributed by atoms with Crippen LogP contribution in [0.25, 0.3) is 17.1 Å². The number of nitriles is 1. The molecule has 114 valence electrons. The Labute approximate surface area is 143 Å². The molecule has 1 heterocycles. The Morgan fingerprint density at radius 1 is 1.09 bits per heavy atom. The number of hydrogen-bond acceptors (Lipinski definition) is 4. The van der Waals surface area contributed by atoms with Gasteiger partial charge in [-0.05, 0) is 43.3 Å². The Morgan fingerprint density at radius 2 is 1.78 bits per heavy atom. The first-order chi connectivity index (χ1) is 11.2. The van der Waals surface area contributed by atoms with E-state index in [9.17, 15) is 0 Å². The maximum Gasteiger partial charge on any atom is 0.197 e. The zero-order chi connectivity index (χ0) is 16.2. The summed E-state index contributed by atoms with van der Waals surface area (Å²) in [6.07, 6.45) is 0. The molecule has 0 aliphatic heterocycles. The average Bonchev–Trinajstić information content (AvgIpc) is 2.98. The minimum atomic E-state index is 0.324. The molecule has 0 fully saturated rings. The molecule has 1 aromatic heterocycles. The van der Waals surface area contributed by atoms with Crippen LogP contribution in [0.4, 0.5) is 0 Å². The summed E-state index contributed by atoms with van der Waals surface area (Å²) < 4.78 is 1.96. The van der Waals surface area contributed by atoms with Crippen molar-refractivity contribution >= 4 is 23.4 Å². The molecule has 0 radical (unpaired) electrons.